The molecule has 2 rings (SSSR count). The Hall–Kier alpha value is -3.50. The van der Waals surface area contributed by atoms with E-state index in [0.29, 0.717) is 6.42 Å². The Labute approximate surface area is 309 Å². The summed E-state index contributed by atoms with van der Waals surface area (Å²) in [5.41, 5.74) is 0. The highest BCUT2D eigenvalue weighted by Crippen LogP contribution is 2.28. The zero-order valence-electron chi connectivity index (χ0n) is 31.0. The van der Waals surface area contributed by atoms with Gasteiger partial charge < -0.3 is 51.0 Å². The molecule has 6 atom stereocenters. The first-order valence-electron chi connectivity index (χ1n) is 18.1. The minimum Gasteiger partial charge on any atom is -0.480 e. The number of ether oxygens (including phenoxy) is 2. The average molecular weight is 762 g/mol. The van der Waals surface area contributed by atoms with E-state index in [1.165, 1.54) is 0 Å². The van der Waals surface area contributed by atoms with E-state index in [1.54, 1.807) is 33.4 Å². The lowest BCUT2D eigenvalue weighted by atomic mass is 9.90. The van der Waals surface area contributed by atoms with Crippen LogP contribution in [0, 0.1) is 5.92 Å². The quantitative estimate of drug-likeness (QED) is 0.0593. The molecule has 2 aliphatic heterocycles. The fourth-order valence-electron chi connectivity index (χ4n) is 6.12. The molecular formula is C33H59N7O13. The van der Waals surface area contributed by atoms with Gasteiger partial charge in [-0.25, -0.2) is 0 Å². The predicted molar refractivity (Wildman–Crippen MR) is 188 cm³/mol. The Morgan fingerprint density at radius 2 is 1.19 bits per heavy atom. The highest BCUT2D eigenvalue weighted by Gasteiger charge is 2.41. The Balaban J connectivity index is 2.00. The topological polar surface area (TPSA) is 271 Å². The standard InChI is InChI=1S/C33H59N7O13/c1-4-24-30(49)22(3)31(50)33(53-24)52-17-8-35-25(41)7-6-23(32(51)34-5-2)36-26(42)18-37-9-11-38(19-27(43)44)13-15-40(21-29(47)48)16-14-39(12-10-37)20-28(45)46/h22-24,30-31,33,49-50H,4-21H2,1-3H3,(H,34,51)(H,35,41)(H,36,42)(H,43,44)(H,45,46)(H,47,48)/t22?,23-,24?,30?,31?,33?/m1/s1. The molecule has 0 spiro atoms. The maximum atomic E-state index is 13.3. The number of hydrogen-bond donors (Lipinski definition) is 8. The SMILES string of the molecule is CCNC(=O)[C@@H](CCC(=O)NCCOC1OC(CC)C(O)C(C)C1O)NC(=O)CN1CCN(CC(=O)O)CCN(CC(=O)O)CCN(CC(=O)O)CC1. The summed E-state index contributed by atoms with van der Waals surface area (Å²) in [5.74, 6) is -5.08. The van der Waals surface area contributed by atoms with Crippen LogP contribution in [0.2, 0.25) is 0 Å². The van der Waals surface area contributed by atoms with Gasteiger partial charge in [-0.3, -0.25) is 48.4 Å². The van der Waals surface area contributed by atoms with E-state index in [1.807, 2.05) is 6.92 Å². The molecule has 0 aliphatic carbocycles. The largest absolute Gasteiger partial charge is 0.480 e. The fraction of sp³-hybridized carbons (Fsp3) is 0.818. The summed E-state index contributed by atoms with van der Waals surface area (Å²) in [6.45, 7) is 6.35. The Bertz CT molecular complexity index is 1160. The molecule has 20 heteroatoms. The minimum atomic E-state index is -1.07. The normalized spacial score (nSPS) is 25.0. The van der Waals surface area contributed by atoms with Gasteiger partial charge in [0.1, 0.15) is 12.1 Å². The van der Waals surface area contributed by atoms with Crippen LogP contribution in [-0.2, 0) is 38.2 Å². The lowest BCUT2D eigenvalue weighted by Crippen LogP contribution is -2.54. The van der Waals surface area contributed by atoms with E-state index in [9.17, 15) is 54.3 Å². The fourth-order valence-corrected chi connectivity index (χ4v) is 6.12. The Morgan fingerprint density at radius 1 is 0.717 bits per heavy atom. The van der Waals surface area contributed by atoms with Crippen molar-refractivity contribution in [1.29, 1.82) is 0 Å². The van der Waals surface area contributed by atoms with Gasteiger partial charge in [0.2, 0.25) is 17.7 Å². The number of carboxylic acid groups (broad SMARTS) is 3. The number of aliphatic hydroxyl groups is 2. The number of likely N-dealkylation sites (N-methyl/N-ethyl adjacent to an activating group) is 1. The second-order valence-corrected chi connectivity index (χ2v) is 13.4. The molecule has 0 radical (unpaired) electrons. The summed E-state index contributed by atoms with van der Waals surface area (Å²) < 4.78 is 11.3. The summed E-state index contributed by atoms with van der Waals surface area (Å²) in [5, 5.41) is 56.9. The number of aliphatic hydroxyl groups excluding tert-OH is 2. The van der Waals surface area contributed by atoms with Crippen molar-refractivity contribution in [2.45, 2.75) is 70.7 Å². The van der Waals surface area contributed by atoms with Gasteiger partial charge in [0.25, 0.3) is 0 Å². The molecule has 2 aliphatic rings. The highest BCUT2D eigenvalue weighted by molar-refractivity contribution is 5.89. The number of carbonyl (C=O) groups excluding carboxylic acids is 3. The summed E-state index contributed by atoms with van der Waals surface area (Å²) in [6, 6.07) is -1.05. The first-order chi connectivity index (χ1) is 25.1. The van der Waals surface area contributed by atoms with Crippen LogP contribution >= 0.6 is 0 Å². The molecule has 0 aromatic carbocycles. The minimum absolute atomic E-state index is 0.0199. The van der Waals surface area contributed by atoms with Crippen LogP contribution in [0.4, 0.5) is 0 Å². The zero-order chi connectivity index (χ0) is 39.5. The summed E-state index contributed by atoms with van der Waals surface area (Å²) in [7, 11) is 0. The van der Waals surface area contributed by atoms with E-state index < -0.39 is 72.2 Å². The molecule has 2 heterocycles. The van der Waals surface area contributed by atoms with Crippen LogP contribution in [0.5, 0.6) is 0 Å². The van der Waals surface area contributed by atoms with Gasteiger partial charge in [0.05, 0.1) is 45.0 Å². The second-order valence-electron chi connectivity index (χ2n) is 13.4. The molecule has 0 aromatic rings. The molecule has 0 bridgehead atoms. The summed E-state index contributed by atoms with van der Waals surface area (Å²) in [6.07, 6.45) is -2.92. The van der Waals surface area contributed by atoms with Crippen LogP contribution in [0.3, 0.4) is 0 Å². The third-order valence-corrected chi connectivity index (χ3v) is 9.19. The second kappa shape index (κ2) is 24.0. The number of hydrogen-bond acceptors (Lipinski definition) is 14. The average Bonchev–Trinajstić information content (AvgIpc) is 3.08. The number of carboxylic acids is 3. The zero-order valence-corrected chi connectivity index (χ0v) is 31.0. The van der Waals surface area contributed by atoms with Crippen molar-refractivity contribution in [2.75, 3.05) is 98.2 Å². The molecular weight excluding hydrogens is 702 g/mol. The van der Waals surface area contributed by atoms with Crippen molar-refractivity contribution in [3.63, 3.8) is 0 Å². The van der Waals surface area contributed by atoms with Gasteiger partial charge in [-0.15, -0.1) is 0 Å². The first kappa shape index (κ1) is 45.7. The van der Waals surface area contributed by atoms with Crippen LogP contribution < -0.4 is 16.0 Å². The van der Waals surface area contributed by atoms with E-state index in [-0.39, 0.29) is 111 Å². The molecule has 5 unspecified atom stereocenters. The van der Waals surface area contributed by atoms with Gasteiger partial charge in [-0.05, 0) is 19.8 Å². The van der Waals surface area contributed by atoms with Crippen LogP contribution in [0.15, 0.2) is 0 Å². The van der Waals surface area contributed by atoms with Crippen LogP contribution in [0.1, 0.15) is 40.0 Å². The number of nitrogens with zero attached hydrogens (tertiary/aromatic N) is 4. The molecule has 3 amide bonds. The van der Waals surface area contributed by atoms with Gasteiger partial charge in [-0.1, -0.05) is 13.8 Å². The number of amides is 3. The smallest absolute Gasteiger partial charge is 0.317 e. The molecule has 0 saturated carbocycles. The Kier molecular flexibility index (Phi) is 20.7. The van der Waals surface area contributed by atoms with Gasteiger partial charge in [0, 0.05) is 77.8 Å². The molecule has 0 aromatic heterocycles. The molecule has 20 nitrogen and oxygen atoms in total. The number of rotatable bonds is 19. The van der Waals surface area contributed by atoms with Crippen molar-refractivity contribution in [2.24, 2.45) is 5.92 Å². The van der Waals surface area contributed by atoms with Crippen molar-refractivity contribution in [3.05, 3.63) is 0 Å². The van der Waals surface area contributed by atoms with Gasteiger partial charge in [0.15, 0.2) is 6.29 Å². The van der Waals surface area contributed by atoms with Crippen molar-refractivity contribution in [1.82, 2.24) is 35.6 Å². The number of carbonyl (C=O) groups is 6. The van der Waals surface area contributed by atoms with Gasteiger partial charge in [-0.2, -0.15) is 0 Å². The predicted octanol–water partition coefficient (Wildman–Crippen LogP) is -3.51. The molecule has 53 heavy (non-hydrogen) atoms. The maximum Gasteiger partial charge on any atom is 0.317 e. The summed E-state index contributed by atoms with van der Waals surface area (Å²) in [4.78, 5) is 80.0. The van der Waals surface area contributed by atoms with Crippen molar-refractivity contribution < 1.29 is 63.8 Å². The monoisotopic (exact) mass is 761 g/mol. The van der Waals surface area contributed by atoms with Gasteiger partial charge >= 0.3 is 17.9 Å². The van der Waals surface area contributed by atoms with E-state index >= 15 is 0 Å². The van der Waals surface area contributed by atoms with Crippen LogP contribution in [0.25, 0.3) is 0 Å². The van der Waals surface area contributed by atoms with Crippen molar-refractivity contribution >= 4 is 35.6 Å². The highest BCUT2D eigenvalue weighted by atomic mass is 16.7. The Morgan fingerprint density at radius 3 is 1.62 bits per heavy atom. The van der Waals surface area contributed by atoms with E-state index in [4.69, 9.17) is 9.47 Å². The molecule has 2 saturated heterocycles. The van der Waals surface area contributed by atoms with E-state index in [0.717, 1.165) is 0 Å². The first-order valence-corrected chi connectivity index (χ1v) is 18.1. The molecule has 304 valence electrons. The summed E-state index contributed by atoms with van der Waals surface area (Å²) >= 11 is 0. The van der Waals surface area contributed by atoms with Crippen molar-refractivity contribution in [3.8, 4) is 0 Å². The maximum absolute atomic E-state index is 13.3. The lowest BCUT2D eigenvalue weighted by molar-refractivity contribution is -0.282. The molecule has 2 fully saturated rings. The lowest BCUT2D eigenvalue weighted by Gasteiger charge is -2.41. The molecule has 8 N–H and O–H groups in total. The van der Waals surface area contributed by atoms with Crippen LogP contribution in [-0.4, -0.2) is 210 Å². The third-order valence-electron chi connectivity index (χ3n) is 9.19. The number of nitrogens with one attached hydrogen (secondary N) is 3. The van der Waals surface area contributed by atoms with E-state index in [2.05, 4.69) is 16.0 Å². The third kappa shape index (κ3) is 17.5. The number of aliphatic carboxylic acids is 3.